The first-order valence-corrected chi connectivity index (χ1v) is 27.1. The molecule has 374 valence electrons. The van der Waals surface area contributed by atoms with E-state index in [0.717, 1.165) is 69.0 Å². The zero-order chi connectivity index (χ0) is 52.3. The molecule has 0 saturated heterocycles. The molecule has 0 amide bonds. The number of allylic oxidation sites excluding steroid dienone is 3. The lowest BCUT2D eigenvalue weighted by molar-refractivity contribution is 0.793. The fourth-order valence-electron chi connectivity index (χ4n) is 12.0. The molecule has 1 spiro atoms. The highest BCUT2D eigenvalue weighted by Crippen LogP contribution is 2.65. The van der Waals surface area contributed by atoms with E-state index in [1.165, 1.54) is 44.5 Å². The van der Waals surface area contributed by atoms with Crippen molar-refractivity contribution in [3.05, 3.63) is 332 Å². The highest BCUT2D eigenvalue weighted by Gasteiger charge is 2.53. The molecule has 0 radical (unpaired) electrons. The lowest BCUT2D eigenvalue weighted by atomic mass is 9.70. The minimum atomic E-state index is -0.799. The number of anilines is 11. The minimum Gasteiger partial charge on any atom is -0.338 e. The highest BCUT2D eigenvalue weighted by molar-refractivity contribution is 5.99. The Labute approximate surface area is 459 Å². The van der Waals surface area contributed by atoms with E-state index >= 15 is 0 Å². The molecule has 0 aromatic heterocycles. The van der Waals surface area contributed by atoms with Crippen LogP contribution in [0.15, 0.2) is 309 Å². The second-order valence-electron chi connectivity index (χ2n) is 19.9. The first-order chi connectivity index (χ1) is 38.7. The molecule has 0 atom stereocenters. The molecule has 0 unspecified atom stereocenters. The summed E-state index contributed by atoms with van der Waals surface area (Å²) >= 11 is 0. The van der Waals surface area contributed by atoms with Gasteiger partial charge in [0.2, 0.25) is 0 Å². The fourth-order valence-corrected chi connectivity index (χ4v) is 12.0. The van der Waals surface area contributed by atoms with Crippen LogP contribution in [0.1, 0.15) is 35.6 Å². The zero-order valence-electron chi connectivity index (χ0n) is 43.6. The molecule has 0 N–H and O–H groups in total. The Balaban J connectivity index is 1.13. The van der Waals surface area contributed by atoms with Crippen molar-refractivity contribution >= 4 is 62.6 Å². The van der Waals surface area contributed by atoms with Gasteiger partial charge in [0.05, 0.1) is 5.41 Å². The molecule has 2 aliphatic carbocycles. The molecule has 4 nitrogen and oxygen atoms in total. The highest BCUT2D eigenvalue weighted by atomic mass is 15.2. The topological polar surface area (TPSA) is 13.0 Å². The van der Waals surface area contributed by atoms with Gasteiger partial charge in [0.15, 0.2) is 0 Å². The third-order valence-electron chi connectivity index (χ3n) is 15.4. The Bertz CT molecular complexity index is 3530. The second-order valence-corrected chi connectivity index (χ2v) is 19.9. The Morgan fingerprint density at radius 3 is 0.821 bits per heavy atom. The quantitative estimate of drug-likeness (QED) is 0.0949. The Morgan fingerprint density at radius 2 is 0.526 bits per heavy atom. The van der Waals surface area contributed by atoms with Gasteiger partial charge in [-0.15, -0.1) is 0 Å². The molecule has 13 rings (SSSR count). The Kier molecular flexibility index (Phi) is 12.9. The van der Waals surface area contributed by atoms with Crippen LogP contribution in [0, 0.1) is 0 Å². The zero-order valence-corrected chi connectivity index (χ0v) is 43.6. The van der Waals surface area contributed by atoms with E-state index in [2.05, 4.69) is 336 Å². The van der Waals surface area contributed by atoms with Crippen LogP contribution in [0.5, 0.6) is 0 Å². The predicted octanol–water partition coefficient (Wildman–Crippen LogP) is 20.1. The van der Waals surface area contributed by atoms with Gasteiger partial charge < -0.3 is 19.6 Å². The van der Waals surface area contributed by atoms with Gasteiger partial charge in [-0.05, 0) is 184 Å². The smallest absolute Gasteiger partial charge is 0.0728 e. The molecule has 0 saturated carbocycles. The summed E-state index contributed by atoms with van der Waals surface area (Å²) in [6, 6.07) is 104. The summed E-state index contributed by atoms with van der Waals surface area (Å²) in [5.74, 6) is 0. The molecule has 0 heterocycles. The average Bonchev–Trinajstić information content (AvgIpc) is 3.74. The molecule has 0 fully saturated rings. The maximum Gasteiger partial charge on any atom is 0.0728 e. The van der Waals surface area contributed by atoms with Crippen molar-refractivity contribution in [3.63, 3.8) is 0 Å². The van der Waals surface area contributed by atoms with Crippen molar-refractivity contribution in [2.24, 2.45) is 0 Å². The number of nitrogens with zero attached hydrogens (tertiary/aromatic N) is 4. The molecule has 2 aliphatic rings. The molecule has 0 aliphatic heterocycles. The summed E-state index contributed by atoms with van der Waals surface area (Å²) < 4.78 is 0. The Morgan fingerprint density at radius 1 is 0.269 bits per heavy atom. The summed E-state index contributed by atoms with van der Waals surface area (Å²) in [4.78, 5) is 9.67. The number of hydrogen-bond acceptors (Lipinski definition) is 4. The van der Waals surface area contributed by atoms with Gasteiger partial charge in [0, 0.05) is 69.1 Å². The van der Waals surface area contributed by atoms with Crippen LogP contribution in [0.3, 0.4) is 0 Å². The van der Waals surface area contributed by atoms with Gasteiger partial charge >= 0.3 is 0 Å². The number of hydrogen-bond donors (Lipinski definition) is 0. The van der Waals surface area contributed by atoms with E-state index in [4.69, 9.17) is 0 Å². The number of para-hydroxylation sites is 7. The molecule has 11 aromatic rings. The number of rotatable bonds is 15. The first kappa shape index (κ1) is 47.8. The molecular formula is C74H58N4. The normalized spacial score (nSPS) is 12.5. The van der Waals surface area contributed by atoms with Crippen molar-refractivity contribution in [2.45, 2.75) is 18.8 Å². The minimum absolute atomic E-state index is 0.692. The van der Waals surface area contributed by atoms with Crippen molar-refractivity contribution in [1.29, 1.82) is 0 Å². The van der Waals surface area contributed by atoms with Gasteiger partial charge in [-0.2, -0.15) is 0 Å². The first-order valence-electron chi connectivity index (χ1n) is 27.1. The maximum atomic E-state index is 2.51. The monoisotopic (exact) mass is 1000 g/mol. The van der Waals surface area contributed by atoms with Crippen molar-refractivity contribution in [3.8, 4) is 22.3 Å². The summed E-state index contributed by atoms with van der Waals surface area (Å²) in [6.45, 7) is 2.87. The van der Waals surface area contributed by atoms with E-state index in [9.17, 15) is 0 Å². The van der Waals surface area contributed by atoms with Crippen molar-refractivity contribution < 1.29 is 0 Å². The van der Waals surface area contributed by atoms with Crippen LogP contribution in [0.2, 0.25) is 0 Å². The summed E-state index contributed by atoms with van der Waals surface area (Å²) in [5.41, 5.74) is 21.1. The molecule has 78 heavy (non-hydrogen) atoms. The summed E-state index contributed by atoms with van der Waals surface area (Å²) in [7, 11) is 0. The molecule has 4 heteroatoms. The van der Waals surface area contributed by atoms with Gasteiger partial charge in [0.25, 0.3) is 0 Å². The number of benzene rings is 11. The molecule has 0 bridgehead atoms. The maximum absolute atomic E-state index is 2.51. The lowest BCUT2D eigenvalue weighted by Gasteiger charge is -2.35. The third kappa shape index (κ3) is 8.54. The van der Waals surface area contributed by atoms with Crippen LogP contribution in [0.25, 0.3) is 22.3 Å². The van der Waals surface area contributed by atoms with Crippen LogP contribution in [-0.4, -0.2) is 6.54 Å². The van der Waals surface area contributed by atoms with Crippen LogP contribution in [0.4, 0.5) is 62.6 Å². The third-order valence-corrected chi connectivity index (χ3v) is 15.4. The Hall–Kier alpha value is -9.90. The standard InChI is InChI=1S/C74H58N4/c1-2-3-4-5-27-50-75(55-28-13-6-14-29-55)62-42-46-66-67-47-43-63(76(56-30-15-7-16-31-56)57-32-17-8-18-33-57)52-71(67)74(70(66)51-62)72-53-64(77(58-34-19-9-20-35-58)59-36-21-10-22-37-59)44-48-68(72)69-49-45-65(54-73(69)74)78(60-38-23-11-24-39-60)61-40-25-12-26-41-61/h3-49,51-54H,2,50H2,1H3/b4-3-,27-5-. The van der Waals surface area contributed by atoms with Gasteiger partial charge in [-0.25, -0.2) is 0 Å². The van der Waals surface area contributed by atoms with Gasteiger partial charge in [-0.3, -0.25) is 0 Å². The van der Waals surface area contributed by atoms with E-state index in [1.807, 2.05) is 0 Å². The van der Waals surface area contributed by atoms with Crippen molar-refractivity contribution in [1.82, 2.24) is 0 Å². The second kappa shape index (κ2) is 21.0. The van der Waals surface area contributed by atoms with E-state index in [1.54, 1.807) is 0 Å². The number of fused-ring (bicyclic) bond motifs is 10. The van der Waals surface area contributed by atoms with E-state index < -0.39 is 5.41 Å². The largest absolute Gasteiger partial charge is 0.338 e. The summed E-state index contributed by atoms with van der Waals surface area (Å²) in [5, 5.41) is 0. The predicted molar refractivity (Wildman–Crippen MR) is 329 cm³/mol. The fraction of sp³-hybridized carbons (Fsp3) is 0.0541. The average molecular weight is 1000 g/mol. The van der Waals surface area contributed by atoms with Gasteiger partial charge in [0.1, 0.15) is 0 Å². The van der Waals surface area contributed by atoms with Gasteiger partial charge in [-0.1, -0.05) is 183 Å². The lowest BCUT2D eigenvalue weighted by Crippen LogP contribution is -2.27. The van der Waals surface area contributed by atoms with E-state index in [-0.39, 0.29) is 0 Å². The SMILES string of the molecule is CC/C=C\C=C/CN(c1ccccc1)c1ccc2c(c1)C1(c3cc(N(c4ccccc4)c4ccccc4)ccc3-2)c2cc(N(c3ccccc3)c3ccccc3)ccc2-c2ccc(N(c3ccccc3)c3ccccc3)cc21. The van der Waals surface area contributed by atoms with Crippen LogP contribution in [-0.2, 0) is 5.41 Å². The molecule has 11 aromatic carbocycles. The van der Waals surface area contributed by atoms with E-state index in [0.29, 0.717) is 6.54 Å². The summed E-state index contributed by atoms with van der Waals surface area (Å²) in [6.07, 6.45) is 9.81. The van der Waals surface area contributed by atoms with Crippen molar-refractivity contribution in [2.75, 3.05) is 26.1 Å². The van der Waals surface area contributed by atoms with Crippen LogP contribution >= 0.6 is 0 Å². The molecular weight excluding hydrogens is 945 g/mol. The van der Waals surface area contributed by atoms with Crippen LogP contribution < -0.4 is 19.6 Å².